The number of hydrogen-bond acceptors (Lipinski definition) is 4. The highest BCUT2D eigenvalue weighted by molar-refractivity contribution is 5.52. The fraction of sp³-hybridized carbons (Fsp3) is 0.167. The normalized spacial score (nSPS) is 12.6. The van der Waals surface area contributed by atoms with Gasteiger partial charge in [0, 0.05) is 11.1 Å². The fourth-order valence-electron chi connectivity index (χ4n) is 2.19. The Morgan fingerprint density at radius 1 is 1.05 bits per heavy atom. The second-order valence-corrected chi connectivity index (χ2v) is 4.61. The van der Waals surface area contributed by atoms with Crippen molar-refractivity contribution in [2.75, 3.05) is 14.2 Å². The Morgan fingerprint density at radius 3 is 2.18 bits per heavy atom. The van der Waals surface area contributed by atoms with E-state index in [4.69, 9.17) is 15.9 Å². The summed E-state index contributed by atoms with van der Waals surface area (Å²) in [6.07, 6.45) is 5.56. The van der Waals surface area contributed by atoms with E-state index in [1.165, 1.54) is 13.2 Å². The largest absolute Gasteiger partial charge is 0.497 e. The molecular weight excluding hydrogens is 278 g/mol. The zero-order valence-corrected chi connectivity index (χ0v) is 12.3. The van der Waals surface area contributed by atoms with Crippen molar-refractivity contribution in [3.05, 3.63) is 59.2 Å². The molecule has 2 rings (SSSR count). The van der Waals surface area contributed by atoms with Crippen LogP contribution in [0.3, 0.4) is 0 Å². The maximum absolute atomic E-state index is 10.9. The van der Waals surface area contributed by atoms with E-state index >= 15 is 0 Å². The number of hydrogen-bond donors (Lipinski definition) is 1. The van der Waals surface area contributed by atoms with E-state index in [1.54, 1.807) is 43.5 Å². The first-order valence-corrected chi connectivity index (χ1v) is 6.52. The molecule has 0 heterocycles. The standard InChI is InChI=1S/C18H15NO3/c1-4-18(20,14-5-8-16(21-2)9-6-14)15-7-10-17(22-3)13(11-15)12-19/h1,5-11,20H,2-3H3. The molecule has 0 aliphatic carbocycles. The van der Waals surface area contributed by atoms with Gasteiger partial charge in [0.1, 0.15) is 17.6 Å². The van der Waals surface area contributed by atoms with Crippen LogP contribution in [0.15, 0.2) is 42.5 Å². The van der Waals surface area contributed by atoms with Crippen LogP contribution in [0, 0.1) is 23.7 Å². The quantitative estimate of drug-likeness (QED) is 0.880. The van der Waals surface area contributed by atoms with Crippen molar-refractivity contribution >= 4 is 0 Å². The van der Waals surface area contributed by atoms with Crippen LogP contribution in [0.5, 0.6) is 11.5 Å². The van der Waals surface area contributed by atoms with Gasteiger partial charge in [0.05, 0.1) is 19.8 Å². The average Bonchev–Trinajstić information content (AvgIpc) is 2.60. The topological polar surface area (TPSA) is 62.5 Å². The molecule has 0 saturated carbocycles. The van der Waals surface area contributed by atoms with Crippen LogP contribution in [-0.2, 0) is 5.60 Å². The third-order valence-electron chi connectivity index (χ3n) is 3.45. The maximum atomic E-state index is 10.9. The monoisotopic (exact) mass is 293 g/mol. The molecule has 1 atom stereocenters. The Balaban J connectivity index is 2.54. The summed E-state index contributed by atoms with van der Waals surface area (Å²) in [6, 6.07) is 13.6. The number of benzene rings is 2. The van der Waals surface area contributed by atoms with E-state index in [-0.39, 0.29) is 0 Å². The second-order valence-electron chi connectivity index (χ2n) is 4.61. The van der Waals surface area contributed by atoms with Gasteiger partial charge >= 0.3 is 0 Å². The molecule has 1 unspecified atom stereocenters. The molecule has 0 saturated heterocycles. The zero-order chi connectivity index (χ0) is 16.2. The lowest BCUT2D eigenvalue weighted by Gasteiger charge is -2.24. The Bertz CT molecular complexity index is 753. The van der Waals surface area contributed by atoms with Gasteiger partial charge in [0.2, 0.25) is 0 Å². The highest BCUT2D eigenvalue weighted by Gasteiger charge is 2.30. The first-order chi connectivity index (χ1) is 10.6. The molecular formula is C18H15NO3. The number of nitriles is 1. The minimum Gasteiger partial charge on any atom is -0.497 e. The van der Waals surface area contributed by atoms with Crippen molar-refractivity contribution in [3.8, 4) is 29.9 Å². The Morgan fingerprint density at radius 2 is 1.68 bits per heavy atom. The van der Waals surface area contributed by atoms with Gasteiger partial charge in [-0.2, -0.15) is 5.26 Å². The van der Waals surface area contributed by atoms with Crippen molar-refractivity contribution in [1.82, 2.24) is 0 Å². The summed E-state index contributed by atoms with van der Waals surface area (Å²) in [5.41, 5.74) is -0.381. The summed E-state index contributed by atoms with van der Waals surface area (Å²) in [5, 5.41) is 20.1. The number of methoxy groups -OCH3 is 2. The predicted octanol–water partition coefficient (Wildman–Crippen LogP) is 2.44. The Kier molecular flexibility index (Phi) is 4.36. The van der Waals surface area contributed by atoms with Gasteiger partial charge in [-0.05, 0) is 24.3 Å². The second kappa shape index (κ2) is 6.22. The lowest BCUT2D eigenvalue weighted by atomic mass is 9.86. The van der Waals surface area contributed by atoms with Crippen LogP contribution in [0.2, 0.25) is 0 Å². The molecule has 0 aliphatic rings. The first-order valence-electron chi connectivity index (χ1n) is 6.52. The van der Waals surface area contributed by atoms with E-state index in [2.05, 4.69) is 5.92 Å². The zero-order valence-electron chi connectivity index (χ0n) is 12.3. The number of ether oxygens (including phenoxy) is 2. The molecule has 0 aromatic heterocycles. The molecule has 2 aromatic carbocycles. The molecule has 2 aromatic rings. The summed E-state index contributed by atoms with van der Waals surface area (Å²) >= 11 is 0. The van der Waals surface area contributed by atoms with Crippen molar-refractivity contribution in [3.63, 3.8) is 0 Å². The van der Waals surface area contributed by atoms with Crippen molar-refractivity contribution in [2.24, 2.45) is 0 Å². The first kappa shape index (κ1) is 15.4. The lowest BCUT2D eigenvalue weighted by molar-refractivity contribution is 0.145. The van der Waals surface area contributed by atoms with Gasteiger partial charge in [-0.3, -0.25) is 0 Å². The lowest BCUT2D eigenvalue weighted by Crippen LogP contribution is -2.25. The fourth-order valence-corrected chi connectivity index (χ4v) is 2.19. The van der Waals surface area contributed by atoms with Crippen LogP contribution < -0.4 is 9.47 Å². The SMILES string of the molecule is C#CC(O)(c1ccc(OC)cc1)c1ccc(OC)c(C#N)c1. The van der Waals surface area contributed by atoms with E-state index in [9.17, 15) is 10.4 Å². The van der Waals surface area contributed by atoms with E-state index in [0.29, 0.717) is 28.2 Å². The van der Waals surface area contributed by atoms with Crippen LogP contribution in [-0.4, -0.2) is 19.3 Å². The Labute approximate surface area is 129 Å². The van der Waals surface area contributed by atoms with Crippen molar-refractivity contribution in [1.29, 1.82) is 5.26 Å². The van der Waals surface area contributed by atoms with E-state index in [0.717, 1.165) is 0 Å². The molecule has 4 nitrogen and oxygen atoms in total. The molecule has 0 amide bonds. The van der Waals surface area contributed by atoms with Crippen LogP contribution in [0.4, 0.5) is 0 Å². The number of terminal acetylenes is 1. The van der Waals surface area contributed by atoms with Gasteiger partial charge in [-0.25, -0.2) is 0 Å². The predicted molar refractivity (Wildman–Crippen MR) is 82.5 cm³/mol. The van der Waals surface area contributed by atoms with Gasteiger partial charge in [0.15, 0.2) is 5.60 Å². The molecule has 4 heteroatoms. The van der Waals surface area contributed by atoms with Crippen LogP contribution in [0.25, 0.3) is 0 Å². The van der Waals surface area contributed by atoms with E-state index in [1.807, 2.05) is 6.07 Å². The highest BCUT2D eigenvalue weighted by atomic mass is 16.5. The third-order valence-corrected chi connectivity index (χ3v) is 3.45. The maximum Gasteiger partial charge on any atom is 0.176 e. The molecule has 0 aliphatic heterocycles. The van der Waals surface area contributed by atoms with Crippen LogP contribution in [0.1, 0.15) is 16.7 Å². The third kappa shape index (κ3) is 2.61. The van der Waals surface area contributed by atoms with Gasteiger partial charge in [0.25, 0.3) is 0 Å². The average molecular weight is 293 g/mol. The number of aliphatic hydroxyl groups is 1. The number of rotatable bonds is 4. The highest BCUT2D eigenvalue weighted by Crippen LogP contribution is 2.32. The molecule has 0 fully saturated rings. The molecule has 0 bridgehead atoms. The van der Waals surface area contributed by atoms with Gasteiger partial charge in [-0.1, -0.05) is 24.1 Å². The van der Waals surface area contributed by atoms with Gasteiger partial charge < -0.3 is 14.6 Å². The van der Waals surface area contributed by atoms with Crippen molar-refractivity contribution in [2.45, 2.75) is 5.60 Å². The molecule has 22 heavy (non-hydrogen) atoms. The summed E-state index contributed by atoms with van der Waals surface area (Å²) in [4.78, 5) is 0. The minimum absolute atomic E-state index is 0.308. The molecule has 0 spiro atoms. The van der Waals surface area contributed by atoms with Crippen molar-refractivity contribution < 1.29 is 14.6 Å². The molecule has 110 valence electrons. The summed E-state index contributed by atoms with van der Waals surface area (Å²) in [7, 11) is 3.04. The molecule has 1 N–H and O–H groups in total. The minimum atomic E-state index is -1.63. The smallest absolute Gasteiger partial charge is 0.176 e. The van der Waals surface area contributed by atoms with Crippen LogP contribution >= 0.6 is 0 Å². The molecule has 0 radical (unpaired) electrons. The summed E-state index contributed by atoms with van der Waals surface area (Å²) in [5.74, 6) is 3.50. The van der Waals surface area contributed by atoms with Gasteiger partial charge in [-0.15, -0.1) is 6.42 Å². The Hall–Kier alpha value is -2.95. The summed E-state index contributed by atoms with van der Waals surface area (Å²) < 4.78 is 10.2. The summed E-state index contributed by atoms with van der Waals surface area (Å²) in [6.45, 7) is 0. The number of nitrogens with zero attached hydrogens (tertiary/aromatic N) is 1. The van der Waals surface area contributed by atoms with E-state index < -0.39 is 5.60 Å².